The SMILES string of the molecule is S=c1ccc(-c2ccco2)n[nH]1. The minimum atomic E-state index is 0.616. The lowest BCUT2D eigenvalue weighted by molar-refractivity contribution is 0.578. The van der Waals surface area contributed by atoms with Crippen molar-refractivity contribution < 1.29 is 4.42 Å². The van der Waals surface area contributed by atoms with E-state index in [2.05, 4.69) is 10.2 Å². The quantitative estimate of drug-likeness (QED) is 0.682. The third-order valence-electron chi connectivity index (χ3n) is 1.45. The molecule has 0 amide bonds. The van der Waals surface area contributed by atoms with Gasteiger partial charge in [-0.3, -0.25) is 5.10 Å². The predicted molar refractivity (Wildman–Crippen MR) is 47.1 cm³/mol. The molecule has 0 radical (unpaired) electrons. The van der Waals surface area contributed by atoms with Gasteiger partial charge in [-0.1, -0.05) is 12.2 Å². The van der Waals surface area contributed by atoms with Crippen molar-refractivity contribution in [3.05, 3.63) is 35.2 Å². The number of hydrogen-bond acceptors (Lipinski definition) is 3. The van der Waals surface area contributed by atoms with Crippen molar-refractivity contribution in [2.75, 3.05) is 0 Å². The largest absolute Gasteiger partial charge is 0.463 e. The van der Waals surface area contributed by atoms with E-state index in [4.69, 9.17) is 16.6 Å². The summed E-state index contributed by atoms with van der Waals surface area (Å²) in [5.74, 6) is 0.737. The Morgan fingerprint density at radius 1 is 1.33 bits per heavy atom. The molecular weight excluding hydrogens is 172 g/mol. The van der Waals surface area contributed by atoms with Crippen LogP contribution in [0, 0.1) is 4.64 Å². The van der Waals surface area contributed by atoms with Gasteiger partial charge in [-0.2, -0.15) is 5.10 Å². The van der Waals surface area contributed by atoms with Gasteiger partial charge >= 0.3 is 0 Å². The maximum absolute atomic E-state index is 5.14. The number of hydrogen-bond donors (Lipinski definition) is 1. The van der Waals surface area contributed by atoms with Gasteiger partial charge in [0.15, 0.2) is 5.76 Å². The second-order valence-corrected chi connectivity index (χ2v) is 2.72. The standard InChI is InChI=1S/C8H6N2OS/c12-8-4-3-6(9-10-8)7-2-1-5-11-7/h1-5H,(H,10,12). The molecule has 0 atom stereocenters. The summed E-state index contributed by atoms with van der Waals surface area (Å²) < 4.78 is 5.76. The Balaban J connectivity index is 2.49. The molecule has 0 aromatic carbocycles. The van der Waals surface area contributed by atoms with Crippen molar-refractivity contribution in [3.8, 4) is 11.5 Å². The van der Waals surface area contributed by atoms with E-state index in [0.29, 0.717) is 4.64 Å². The molecule has 0 spiro atoms. The molecule has 0 saturated carbocycles. The zero-order valence-corrected chi connectivity index (χ0v) is 6.97. The average Bonchev–Trinajstić information content (AvgIpc) is 2.58. The lowest BCUT2D eigenvalue weighted by Crippen LogP contribution is -1.84. The minimum Gasteiger partial charge on any atom is -0.463 e. The summed E-state index contributed by atoms with van der Waals surface area (Å²) in [6.45, 7) is 0. The molecule has 0 aliphatic carbocycles. The molecule has 0 aliphatic heterocycles. The van der Waals surface area contributed by atoms with E-state index in [1.807, 2.05) is 18.2 Å². The first kappa shape index (κ1) is 7.24. The van der Waals surface area contributed by atoms with E-state index >= 15 is 0 Å². The van der Waals surface area contributed by atoms with Crippen LogP contribution < -0.4 is 0 Å². The van der Waals surface area contributed by atoms with Gasteiger partial charge < -0.3 is 4.42 Å². The van der Waals surface area contributed by atoms with Crippen LogP contribution in [0.4, 0.5) is 0 Å². The topological polar surface area (TPSA) is 41.8 Å². The first-order chi connectivity index (χ1) is 5.86. The van der Waals surface area contributed by atoms with Crippen LogP contribution in [0.1, 0.15) is 0 Å². The molecule has 4 heteroatoms. The van der Waals surface area contributed by atoms with Crippen molar-refractivity contribution in [1.82, 2.24) is 10.2 Å². The summed E-state index contributed by atoms with van der Waals surface area (Å²) in [7, 11) is 0. The Labute approximate surface area is 74.0 Å². The highest BCUT2D eigenvalue weighted by molar-refractivity contribution is 7.71. The highest BCUT2D eigenvalue weighted by Gasteiger charge is 1.99. The normalized spacial score (nSPS) is 10.0. The smallest absolute Gasteiger partial charge is 0.154 e. The van der Waals surface area contributed by atoms with Crippen molar-refractivity contribution in [2.24, 2.45) is 0 Å². The lowest BCUT2D eigenvalue weighted by atomic mass is 10.3. The van der Waals surface area contributed by atoms with E-state index in [-0.39, 0.29) is 0 Å². The molecule has 2 heterocycles. The maximum atomic E-state index is 5.14. The van der Waals surface area contributed by atoms with Crippen molar-refractivity contribution in [2.45, 2.75) is 0 Å². The van der Waals surface area contributed by atoms with Crippen LogP contribution in [0.3, 0.4) is 0 Å². The molecule has 1 N–H and O–H groups in total. The summed E-state index contributed by atoms with van der Waals surface area (Å²) in [5, 5.41) is 6.69. The first-order valence-corrected chi connectivity index (χ1v) is 3.87. The van der Waals surface area contributed by atoms with Gasteiger partial charge in [-0.05, 0) is 24.3 Å². The Bertz CT molecular complexity index is 398. The van der Waals surface area contributed by atoms with Gasteiger partial charge in [0.2, 0.25) is 0 Å². The summed E-state index contributed by atoms with van der Waals surface area (Å²) in [4.78, 5) is 0. The zero-order chi connectivity index (χ0) is 8.39. The van der Waals surface area contributed by atoms with E-state index in [9.17, 15) is 0 Å². The molecule has 2 rings (SSSR count). The molecule has 60 valence electrons. The summed E-state index contributed by atoms with van der Waals surface area (Å²) in [6.07, 6.45) is 1.61. The molecule has 0 unspecified atom stereocenters. The van der Waals surface area contributed by atoms with Crippen molar-refractivity contribution in [1.29, 1.82) is 0 Å². The van der Waals surface area contributed by atoms with Crippen molar-refractivity contribution in [3.63, 3.8) is 0 Å². The second-order valence-electron chi connectivity index (χ2n) is 2.28. The predicted octanol–water partition coefficient (Wildman–Crippen LogP) is 2.40. The van der Waals surface area contributed by atoms with E-state index in [1.165, 1.54) is 0 Å². The summed E-state index contributed by atoms with van der Waals surface area (Å²) in [5.41, 5.74) is 0.758. The highest BCUT2D eigenvalue weighted by Crippen LogP contribution is 2.14. The Morgan fingerprint density at radius 3 is 2.83 bits per heavy atom. The van der Waals surface area contributed by atoms with Gasteiger partial charge in [-0.15, -0.1) is 0 Å². The van der Waals surface area contributed by atoms with Crippen LogP contribution in [-0.4, -0.2) is 10.2 Å². The van der Waals surface area contributed by atoms with Gasteiger partial charge in [0.05, 0.1) is 6.26 Å². The zero-order valence-electron chi connectivity index (χ0n) is 6.15. The minimum absolute atomic E-state index is 0.616. The number of aromatic nitrogens is 2. The lowest BCUT2D eigenvalue weighted by Gasteiger charge is -1.92. The number of furan rings is 1. The van der Waals surface area contributed by atoms with Crippen LogP contribution in [-0.2, 0) is 0 Å². The van der Waals surface area contributed by atoms with E-state index < -0.39 is 0 Å². The number of nitrogens with one attached hydrogen (secondary N) is 1. The third-order valence-corrected chi connectivity index (χ3v) is 1.68. The summed E-state index contributed by atoms with van der Waals surface area (Å²) in [6, 6.07) is 7.26. The average molecular weight is 178 g/mol. The number of rotatable bonds is 1. The Kier molecular flexibility index (Phi) is 1.75. The van der Waals surface area contributed by atoms with Crippen LogP contribution in [0.15, 0.2) is 34.9 Å². The van der Waals surface area contributed by atoms with Gasteiger partial charge in [-0.25, -0.2) is 0 Å². The van der Waals surface area contributed by atoms with E-state index in [1.54, 1.807) is 12.3 Å². The molecular formula is C8H6N2OS. The molecule has 0 bridgehead atoms. The monoisotopic (exact) mass is 178 g/mol. The fraction of sp³-hybridized carbons (Fsp3) is 0. The van der Waals surface area contributed by atoms with Crippen molar-refractivity contribution >= 4 is 12.2 Å². The fourth-order valence-corrected chi connectivity index (χ4v) is 1.02. The second kappa shape index (κ2) is 2.91. The Morgan fingerprint density at radius 2 is 2.25 bits per heavy atom. The Hall–Kier alpha value is -1.42. The summed E-state index contributed by atoms with van der Waals surface area (Å²) >= 11 is 4.85. The van der Waals surface area contributed by atoms with E-state index in [0.717, 1.165) is 11.5 Å². The molecule has 3 nitrogen and oxygen atoms in total. The molecule has 0 fully saturated rings. The molecule has 12 heavy (non-hydrogen) atoms. The number of aromatic amines is 1. The molecule has 2 aromatic rings. The fourth-order valence-electron chi connectivity index (χ4n) is 0.906. The van der Waals surface area contributed by atoms with Crippen LogP contribution >= 0.6 is 12.2 Å². The molecule has 0 saturated heterocycles. The molecule has 0 aliphatic rings. The van der Waals surface area contributed by atoms with Gasteiger partial charge in [0.25, 0.3) is 0 Å². The highest BCUT2D eigenvalue weighted by atomic mass is 32.1. The number of nitrogens with zero attached hydrogens (tertiary/aromatic N) is 1. The number of H-pyrrole nitrogens is 1. The first-order valence-electron chi connectivity index (χ1n) is 3.46. The van der Waals surface area contributed by atoms with Gasteiger partial charge in [0, 0.05) is 0 Å². The van der Waals surface area contributed by atoms with Crippen LogP contribution in [0.2, 0.25) is 0 Å². The van der Waals surface area contributed by atoms with Crippen LogP contribution in [0.25, 0.3) is 11.5 Å². The third kappa shape index (κ3) is 1.29. The van der Waals surface area contributed by atoms with Gasteiger partial charge in [0.1, 0.15) is 10.3 Å². The maximum Gasteiger partial charge on any atom is 0.154 e. The van der Waals surface area contributed by atoms with Crippen LogP contribution in [0.5, 0.6) is 0 Å². The molecule has 2 aromatic heterocycles.